The lowest BCUT2D eigenvalue weighted by Crippen LogP contribution is -2.37. The van der Waals surface area contributed by atoms with Crippen LogP contribution in [0.1, 0.15) is 20.3 Å². The van der Waals surface area contributed by atoms with Crippen LogP contribution in [0.25, 0.3) is 0 Å². The maximum atomic E-state index is 13.2. The predicted octanol–water partition coefficient (Wildman–Crippen LogP) is 2.47. The normalized spacial score (nSPS) is 27.0. The molecule has 0 saturated carbocycles. The van der Waals surface area contributed by atoms with Gasteiger partial charge in [-0.3, -0.25) is 4.79 Å². The van der Waals surface area contributed by atoms with Crippen molar-refractivity contribution in [1.29, 1.82) is 0 Å². The highest BCUT2D eigenvalue weighted by molar-refractivity contribution is 8.16. The molecule has 0 bridgehead atoms. The van der Waals surface area contributed by atoms with Crippen LogP contribution < -0.4 is 4.90 Å². The Labute approximate surface area is 145 Å². The largest absolute Gasteiger partial charge is 0.316 e. The number of rotatable bonds is 3. The van der Waals surface area contributed by atoms with E-state index in [4.69, 9.17) is 0 Å². The summed E-state index contributed by atoms with van der Waals surface area (Å²) in [4.78, 5) is 18.1. The van der Waals surface area contributed by atoms with E-state index in [9.17, 15) is 17.6 Å². The molecule has 2 saturated heterocycles. The van der Waals surface area contributed by atoms with Gasteiger partial charge in [-0.15, -0.1) is 0 Å². The maximum absolute atomic E-state index is 13.2. The number of sulfone groups is 1. The summed E-state index contributed by atoms with van der Waals surface area (Å²) in [5, 5.41) is 0.364. The quantitative estimate of drug-likeness (QED) is 0.818. The number of nitrogens with zero attached hydrogens (tertiary/aromatic N) is 2. The second-order valence-corrected chi connectivity index (χ2v) is 9.89. The van der Waals surface area contributed by atoms with Crippen molar-refractivity contribution >= 4 is 38.4 Å². The third kappa shape index (κ3) is 3.64. The minimum absolute atomic E-state index is 0.0272. The number of carbonyl (C=O) groups excluding carboxylic acids is 1. The van der Waals surface area contributed by atoms with Crippen molar-refractivity contribution < 1.29 is 17.6 Å². The number of thioether (sulfide) groups is 1. The molecule has 130 valence electrons. The topological polar surface area (TPSA) is 66.8 Å². The van der Waals surface area contributed by atoms with Crippen LogP contribution in [0.2, 0.25) is 0 Å². The summed E-state index contributed by atoms with van der Waals surface area (Å²) in [7, 11) is -3.10. The molecule has 1 aromatic rings. The summed E-state index contributed by atoms with van der Waals surface area (Å²) in [6, 6.07) is 5.56. The number of carbonyl (C=O) groups is 1. The Balaban J connectivity index is 1.95. The molecule has 0 unspecified atom stereocenters. The molecule has 0 aromatic heterocycles. The smallest absolute Gasteiger partial charge is 0.248 e. The van der Waals surface area contributed by atoms with Crippen LogP contribution in [-0.4, -0.2) is 42.3 Å². The highest BCUT2D eigenvalue weighted by atomic mass is 32.2. The second-order valence-electron chi connectivity index (χ2n) is 6.53. The van der Waals surface area contributed by atoms with E-state index < -0.39 is 9.84 Å². The number of amides is 1. The summed E-state index contributed by atoms with van der Waals surface area (Å²) in [6.07, 6.45) is 0.342. The number of hydrogen-bond acceptors (Lipinski definition) is 4. The first-order chi connectivity index (χ1) is 11.2. The van der Waals surface area contributed by atoms with Gasteiger partial charge in [0.25, 0.3) is 0 Å². The summed E-state index contributed by atoms with van der Waals surface area (Å²) in [5.74, 6) is -0.276. The van der Waals surface area contributed by atoms with Crippen molar-refractivity contribution in [2.75, 3.05) is 16.4 Å². The molecule has 1 amide bonds. The van der Waals surface area contributed by atoms with Gasteiger partial charge in [0.05, 0.1) is 17.5 Å². The molecule has 0 radical (unpaired) electrons. The molecule has 0 N–H and O–H groups in total. The lowest BCUT2D eigenvalue weighted by molar-refractivity contribution is -0.118. The summed E-state index contributed by atoms with van der Waals surface area (Å²) in [5.41, 5.74) is 0.657. The fraction of sp³-hybridized carbons (Fsp3) is 0.500. The Hall–Kier alpha value is -1.41. The lowest BCUT2D eigenvalue weighted by atomic mass is 10.1. The molecule has 2 atom stereocenters. The predicted molar refractivity (Wildman–Crippen MR) is 94.6 cm³/mol. The highest BCUT2D eigenvalue weighted by Crippen LogP contribution is 2.41. The summed E-state index contributed by atoms with van der Waals surface area (Å²) in [6.45, 7) is 3.89. The molecule has 0 aliphatic carbocycles. The number of benzene rings is 1. The van der Waals surface area contributed by atoms with Crippen molar-refractivity contribution in [2.24, 2.45) is 10.9 Å². The van der Waals surface area contributed by atoms with Crippen LogP contribution in [0.4, 0.5) is 10.1 Å². The fourth-order valence-corrected chi connectivity index (χ4v) is 6.90. The van der Waals surface area contributed by atoms with E-state index in [1.165, 1.54) is 23.9 Å². The molecule has 5 nitrogen and oxygen atoms in total. The molecular formula is C16H19FN2O3S2. The summed E-state index contributed by atoms with van der Waals surface area (Å²) < 4.78 is 37.1. The van der Waals surface area contributed by atoms with Crippen molar-refractivity contribution in [3.05, 3.63) is 30.1 Å². The molecule has 1 aromatic carbocycles. The minimum Gasteiger partial charge on any atom is -0.316 e. The van der Waals surface area contributed by atoms with E-state index in [1.807, 2.05) is 13.8 Å². The first-order valence-electron chi connectivity index (χ1n) is 7.78. The molecule has 3 rings (SSSR count). The van der Waals surface area contributed by atoms with E-state index in [0.717, 1.165) is 0 Å². The molecule has 0 spiro atoms. The Morgan fingerprint density at radius 3 is 2.62 bits per heavy atom. The summed E-state index contributed by atoms with van der Waals surface area (Å²) >= 11 is 1.33. The van der Waals surface area contributed by atoms with Crippen molar-refractivity contribution in [2.45, 2.75) is 31.6 Å². The van der Waals surface area contributed by atoms with Crippen LogP contribution in [0.3, 0.4) is 0 Å². The first kappa shape index (κ1) is 17.4. The van der Waals surface area contributed by atoms with Crippen LogP contribution in [0.15, 0.2) is 29.3 Å². The average Bonchev–Trinajstić information content (AvgIpc) is 2.90. The van der Waals surface area contributed by atoms with Crippen LogP contribution in [0.5, 0.6) is 0 Å². The molecule has 8 heteroatoms. The van der Waals surface area contributed by atoms with E-state index >= 15 is 0 Å². The Kier molecular flexibility index (Phi) is 4.70. The minimum atomic E-state index is -3.10. The van der Waals surface area contributed by atoms with E-state index in [2.05, 4.69) is 4.99 Å². The van der Waals surface area contributed by atoms with Gasteiger partial charge in [-0.1, -0.05) is 25.6 Å². The van der Waals surface area contributed by atoms with Gasteiger partial charge in [0.2, 0.25) is 5.91 Å². The molecule has 2 heterocycles. The third-order valence-electron chi connectivity index (χ3n) is 3.97. The van der Waals surface area contributed by atoms with Gasteiger partial charge >= 0.3 is 0 Å². The van der Waals surface area contributed by atoms with Gasteiger partial charge < -0.3 is 4.90 Å². The first-order valence-corrected chi connectivity index (χ1v) is 10.5. The molecule has 24 heavy (non-hydrogen) atoms. The zero-order valence-electron chi connectivity index (χ0n) is 13.5. The molecule has 2 aliphatic heterocycles. The Morgan fingerprint density at radius 2 is 2.00 bits per heavy atom. The van der Waals surface area contributed by atoms with Gasteiger partial charge in [0.15, 0.2) is 15.0 Å². The van der Waals surface area contributed by atoms with Gasteiger partial charge in [0.1, 0.15) is 5.82 Å². The Bertz CT molecular complexity index is 775. The number of fused-ring (bicyclic) bond motifs is 1. The second kappa shape index (κ2) is 6.48. The van der Waals surface area contributed by atoms with E-state index in [1.54, 1.807) is 17.0 Å². The zero-order chi connectivity index (χ0) is 17.5. The maximum Gasteiger partial charge on any atom is 0.248 e. The van der Waals surface area contributed by atoms with Gasteiger partial charge in [0, 0.05) is 17.4 Å². The van der Waals surface area contributed by atoms with Crippen LogP contribution in [-0.2, 0) is 14.6 Å². The fourth-order valence-electron chi connectivity index (χ4n) is 2.97. The zero-order valence-corrected chi connectivity index (χ0v) is 15.1. The highest BCUT2D eigenvalue weighted by Gasteiger charge is 2.49. The number of amidine groups is 1. The standard InChI is InChI=1S/C16H19FN2O3S2/c1-10(2)7-15(20)18-16-19(12-5-3-11(17)4-6-12)13-8-24(21,22)9-14(13)23-16/h3-6,10,13-14H,7-9H2,1-2H3/t13-,14+/m1/s1. The van der Waals surface area contributed by atoms with Crippen molar-refractivity contribution in [3.63, 3.8) is 0 Å². The van der Waals surface area contributed by atoms with Gasteiger partial charge in [-0.05, 0) is 30.2 Å². The number of hydrogen-bond donors (Lipinski definition) is 0. The van der Waals surface area contributed by atoms with E-state index in [-0.39, 0.29) is 40.4 Å². The van der Waals surface area contributed by atoms with Crippen LogP contribution in [0, 0.1) is 11.7 Å². The third-order valence-corrected chi connectivity index (χ3v) is 7.18. The number of halogens is 1. The number of aliphatic imine (C=N–C) groups is 1. The molecule has 2 aliphatic rings. The molecular weight excluding hydrogens is 351 g/mol. The average molecular weight is 370 g/mol. The lowest BCUT2D eigenvalue weighted by Gasteiger charge is -2.24. The number of anilines is 1. The van der Waals surface area contributed by atoms with Crippen molar-refractivity contribution in [3.8, 4) is 0 Å². The Morgan fingerprint density at radius 1 is 1.33 bits per heavy atom. The van der Waals surface area contributed by atoms with Gasteiger partial charge in [-0.25, -0.2) is 12.8 Å². The monoisotopic (exact) mass is 370 g/mol. The van der Waals surface area contributed by atoms with Crippen LogP contribution >= 0.6 is 11.8 Å². The van der Waals surface area contributed by atoms with Gasteiger partial charge in [-0.2, -0.15) is 4.99 Å². The van der Waals surface area contributed by atoms with E-state index in [0.29, 0.717) is 17.3 Å². The van der Waals surface area contributed by atoms with Crippen molar-refractivity contribution in [1.82, 2.24) is 0 Å². The SMILES string of the molecule is CC(C)CC(=O)N=C1S[C@H]2CS(=O)(=O)C[C@H]2N1c1ccc(F)cc1. The molecule has 2 fully saturated rings.